The van der Waals surface area contributed by atoms with Crippen molar-refractivity contribution < 1.29 is 4.79 Å². The van der Waals surface area contributed by atoms with Gasteiger partial charge in [0.1, 0.15) is 0 Å². The Labute approximate surface area is 135 Å². The highest BCUT2D eigenvalue weighted by Crippen LogP contribution is 2.47. The van der Waals surface area contributed by atoms with Gasteiger partial charge in [-0.1, -0.05) is 23.7 Å². The number of nitrogens with one attached hydrogen (secondary N) is 1. The van der Waals surface area contributed by atoms with Crippen LogP contribution in [0.3, 0.4) is 0 Å². The van der Waals surface area contributed by atoms with Crippen LogP contribution in [-0.2, 0) is 17.9 Å². The van der Waals surface area contributed by atoms with E-state index in [2.05, 4.69) is 17.3 Å². The Morgan fingerprint density at radius 2 is 2.14 bits per heavy atom. The second-order valence-corrected chi connectivity index (χ2v) is 6.23. The average molecular weight is 318 g/mol. The highest BCUT2D eigenvalue weighted by Gasteiger charge is 2.43. The summed E-state index contributed by atoms with van der Waals surface area (Å²) in [7, 11) is 0. The molecule has 1 fully saturated rings. The first kappa shape index (κ1) is 15.1. The van der Waals surface area contributed by atoms with Gasteiger partial charge in [0.15, 0.2) is 0 Å². The SMILES string of the molecule is CCn1ncc(CNC(=O)C2CC2c2ccc(Cl)cc2)c1C. The van der Waals surface area contributed by atoms with Gasteiger partial charge in [-0.25, -0.2) is 0 Å². The number of carbonyl (C=O) groups excluding carboxylic acids is 1. The summed E-state index contributed by atoms with van der Waals surface area (Å²) in [5.41, 5.74) is 3.39. The van der Waals surface area contributed by atoms with Gasteiger partial charge in [-0.3, -0.25) is 9.48 Å². The second-order valence-electron chi connectivity index (χ2n) is 5.79. The lowest BCUT2D eigenvalue weighted by molar-refractivity contribution is -0.122. The van der Waals surface area contributed by atoms with Crippen LogP contribution >= 0.6 is 11.6 Å². The number of amides is 1. The number of aromatic nitrogens is 2. The molecule has 0 radical (unpaired) electrons. The fourth-order valence-corrected chi connectivity index (χ4v) is 2.98. The fourth-order valence-electron chi connectivity index (χ4n) is 2.85. The van der Waals surface area contributed by atoms with Gasteiger partial charge in [0.05, 0.1) is 6.20 Å². The lowest BCUT2D eigenvalue weighted by atomic mass is 10.1. The molecule has 0 saturated heterocycles. The van der Waals surface area contributed by atoms with Crippen molar-refractivity contribution in [3.8, 4) is 0 Å². The lowest BCUT2D eigenvalue weighted by Gasteiger charge is -2.06. The molecule has 2 aromatic rings. The standard InChI is InChI=1S/C17H20ClN3O/c1-3-21-11(2)13(10-20-21)9-19-17(22)16-8-15(16)12-4-6-14(18)7-5-12/h4-7,10,15-16H,3,8-9H2,1-2H3,(H,19,22). The lowest BCUT2D eigenvalue weighted by Crippen LogP contribution is -2.25. The van der Waals surface area contributed by atoms with Crippen LogP contribution in [0.4, 0.5) is 0 Å². The van der Waals surface area contributed by atoms with Crippen molar-refractivity contribution in [1.82, 2.24) is 15.1 Å². The van der Waals surface area contributed by atoms with E-state index >= 15 is 0 Å². The summed E-state index contributed by atoms with van der Waals surface area (Å²) in [5, 5.41) is 8.06. The number of hydrogen-bond acceptors (Lipinski definition) is 2. The van der Waals surface area contributed by atoms with Crippen molar-refractivity contribution in [2.45, 2.75) is 39.3 Å². The van der Waals surface area contributed by atoms with E-state index in [1.54, 1.807) is 0 Å². The molecular weight excluding hydrogens is 298 g/mol. The van der Waals surface area contributed by atoms with E-state index in [9.17, 15) is 4.79 Å². The zero-order valence-corrected chi connectivity index (χ0v) is 13.6. The molecule has 0 spiro atoms. The minimum atomic E-state index is 0.0858. The number of benzene rings is 1. The molecule has 0 aliphatic heterocycles. The van der Waals surface area contributed by atoms with Gasteiger partial charge in [-0.15, -0.1) is 0 Å². The quantitative estimate of drug-likeness (QED) is 0.920. The molecule has 1 aliphatic carbocycles. The molecule has 5 heteroatoms. The van der Waals surface area contributed by atoms with E-state index in [0.717, 1.165) is 29.2 Å². The van der Waals surface area contributed by atoms with Crippen LogP contribution in [0.25, 0.3) is 0 Å². The minimum absolute atomic E-state index is 0.0858. The topological polar surface area (TPSA) is 46.9 Å². The molecule has 1 N–H and O–H groups in total. The maximum atomic E-state index is 12.3. The van der Waals surface area contributed by atoms with Crippen LogP contribution in [0, 0.1) is 12.8 Å². The summed E-state index contributed by atoms with van der Waals surface area (Å²) in [6.07, 6.45) is 2.75. The van der Waals surface area contributed by atoms with Gasteiger partial charge in [-0.2, -0.15) is 5.10 Å². The number of carbonyl (C=O) groups is 1. The first-order valence-corrected chi connectivity index (χ1v) is 8.02. The normalized spacial score (nSPS) is 20.0. The maximum absolute atomic E-state index is 12.3. The maximum Gasteiger partial charge on any atom is 0.224 e. The van der Waals surface area contributed by atoms with Gasteiger partial charge in [0, 0.05) is 35.3 Å². The van der Waals surface area contributed by atoms with Crippen LogP contribution in [0.15, 0.2) is 30.5 Å². The smallest absolute Gasteiger partial charge is 0.224 e. The molecule has 116 valence electrons. The molecule has 1 amide bonds. The van der Waals surface area contributed by atoms with Gasteiger partial charge in [0.2, 0.25) is 5.91 Å². The van der Waals surface area contributed by atoms with E-state index < -0.39 is 0 Å². The van der Waals surface area contributed by atoms with Crippen LogP contribution in [0.5, 0.6) is 0 Å². The number of aryl methyl sites for hydroxylation is 1. The predicted octanol–water partition coefficient (Wildman–Crippen LogP) is 3.28. The third-order valence-electron chi connectivity index (χ3n) is 4.38. The van der Waals surface area contributed by atoms with E-state index in [4.69, 9.17) is 11.6 Å². The number of hydrogen-bond donors (Lipinski definition) is 1. The van der Waals surface area contributed by atoms with Crippen molar-refractivity contribution in [3.63, 3.8) is 0 Å². The Hall–Kier alpha value is -1.81. The summed E-state index contributed by atoms with van der Waals surface area (Å²) < 4.78 is 1.94. The number of nitrogens with zero attached hydrogens (tertiary/aromatic N) is 2. The van der Waals surface area contributed by atoms with Crippen molar-refractivity contribution in [2.75, 3.05) is 0 Å². The first-order chi connectivity index (χ1) is 10.6. The minimum Gasteiger partial charge on any atom is -0.352 e. The zero-order chi connectivity index (χ0) is 15.7. The molecule has 4 nitrogen and oxygen atoms in total. The molecule has 22 heavy (non-hydrogen) atoms. The average Bonchev–Trinajstić information content (AvgIpc) is 3.24. The summed E-state index contributed by atoms with van der Waals surface area (Å²) in [5.74, 6) is 0.544. The molecule has 1 aliphatic rings. The van der Waals surface area contributed by atoms with E-state index in [1.165, 1.54) is 5.56 Å². The van der Waals surface area contributed by atoms with Crippen LogP contribution in [0.2, 0.25) is 5.02 Å². The molecule has 1 aromatic heterocycles. The Morgan fingerprint density at radius 1 is 1.41 bits per heavy atom. The third-order valence-corrected chi connectivity index (χ3v) is 4.63. The highest BCUT2D eigenvalue weighted by molar-refractivity contribution is 6.30. The van der Waals surface area contributed by atoms with E-state index in [0.29, 0.717) is 12.5 Å². The molecule has 0 bridgehead atoms. The predicted molar refractivity (Wildman–Crippen MR) is 86.8 cm³/mol. The fraction of sp³-hybridized carbons (Fsp3) is 0.412. The second kappa shape index (κ2) is 6.13. The molecule has 1 saturated carbocycles. The first-order valence-electron chi connectivity index (χ1n) is 7.64. The summed E-state index contributed by atoms with van der Waals surface area (Å²) in [6.45, 7) is 5.49. The van der Waals surface area contributed by atoms with Crippen LogP contribution in [-0.4, -0.2) is 15.7 Å². The third kappa shape index (κ3) is 3.02. The molecule has 3 rings (SSSR count). The largest absolute Gasteiger partial charge is 0.352 e. The van der Waals surface area contributed by atoms with Gasteiger partial charge in [0.25, 0.3) is 0 Å². The Bertz CT molecular complexity index is 678. The molecule has 1 aromatic carbocycles. The zero-order valence-electron chi connectivity index (χ0n) is 12.8. The van der Waals surface area contributed by atoms with E-state index in [-0.39, 0.29) is 11.8 Å². The molecule has 2 unspecified atom stereocenters. The van der Waals surface area contributed by atoms with Crippen molar-refractivity contribution in [3.05, 3.63) is 52.3 Å². The molecular formula is C17H20ClN3O. The Balaban J connectivity index is 1.55. The Morgan fingerprint density at radius 3 is 2.77 bits per heavy atom. The summed E-state index contributed by atoms with van der Waals surface area (Å²) in [4.78, 5) is 12.3. The van der Waals surface area contributed by atoms with Gasteiger partial charge >= 0.3 is 0 Å². The van der Waals surface area contributed by atoms with Crippen molar-refractivity contribution in [2.24, 2.45) is 5.92 Å². The van der Waals surface area contributed by atoms with E-state index in [1.807, 2.05) is 42.1 Å². The van der Waals surface area contributed by atoms with Crippen LogP contribution in [0.1, 0.15) is 36.1 Å². The summed E-state index contributed by atoms with van der Waals surface area (Å²) >= 11 is 5.89. The monoisotopic (exact) mass is 317 g/mol. The highest BCUT2D eigenvalue weighted by atomic mass is 35.5. The molecule has 2 atom stereocenters. The van der Waals surface area contributed by atoms with Crippen LogP contribution < -0.4 is 5.32 Å². The van der Waals surface area contributed by atoms with Crippen molar-refractivity contribution >= 4 is 17.5 Å². The number of halogens is 1. The number of rotatable bonds is 5. The van der Waals surface area contributed by atoms with Gasteiger partial charge < -0.3 is 5.32 Å². The van der Waals surface area contributed by atoms with Crippen molar-refractivity contribution in [1.29, 1.82) is 0 Å². The summed E-state index contributed by atoms with van der Waals surface area (Å²) in [6, 6.07) is 7.78. The molecule has 1 heterocycles. The van der Waals surface area contributed by atoms with Gasteiger partial charge in [-0.05, 0) is 43.9 Å². The Kier molecular flexibility index (Phi) is 4.21.